The molecule has 1 aromatic heterocycles. The number of para-hydroxylation sites is 1. The fourth-order valence-corrected chi connectivity index (χ4v) is 4.50. The number of Topliss-reactive ketones (excluding diaryl/α,β-unsaturated/α-hetero) is 2. The Bertz CT molecular complexity index is 1040. The Balaban J connectivity index is 0.000000630. The standard InChI is InChI=1S/C21H19N3O2.CH5NO.CH4/c1-20(2)17-10-16-14(12-23-24(16)13-8-6-5-7-9-13)18(25)21(17,3)11-15(22-4)19(20)26;1-2-3;/h5-9,11-12,17H,10H2,1-3H3;2-3H,1H3;1H4/t17-,21-;;/m0../s1/i;;1T. The molecule has 7 heteroatoms. The zero-order chi connectivity index (χ0) is 23.4. The van der Waals surface area contributed by atoms with Crippen LogP contribution in [0, 0.1) is 23.3 Å². The number of benzene rings is 1. The van der Waals surface area contributed by atoms with Gasteiger partial charge in [0.1, 0.15) is 0 Å². The number of hydrogen-bond donors (Lipinski definition) is 2. The number of carbonyl (C=O) groups is 2. The minimum atomic E-state index is -0.866. The van der Waals surface area contributed by atoms with Crippen LogP contribution in [0.2, 0.25) is 0 Å². The molecule has 2 aromatic rings. The Morgan fingerprint density at radius 1 is 1.27 bits per heavy atom. The Morgan fingerprint density at radius 3 is 2.43 bits per heavy atom. The van der Waals surface area contributed by atoms with Gasteiger partial charge >= 0.3 is 0 Å². The first-order chi connectivity index (χ1) is 14.7. The molecule has 158 valence electrons. The highest BCUT2D eigenvalue weighted by Crippen LogP contribution is 2.54. The molecule has 0 spiro atoms. The fraction of sp³-hybridized carbons (Fsp3) is 0.391. The van der Waals surface area contributed by atoms with Gasteiger partial charge in [0, 0.05) is 19.2 Å². The Labute approximate surface area is 178 Å². The predicted molar refractivity (Wildman–Crippen MR) is 114 cm³/mol. The molecule has 0 saturated carbocycles. The number of hydroxylamine groups is 1. The lowest BCUT2D eigenvalue weighted by Gasteiger charge is -2.49. The molecule has 30 heavy (non-hydrogen) atoms. The van der Waals surface area contributed by atoms with Crippen LogP contribution in [0.3, 0.4) is 0 Å². The Morgan fingerprint density at radius 2 is 1.87 bits per heavy atom. The van der Waals surface area contributed by atoms with E-state index in [0.717, 1.165) is 11.4 Å². The molecule has 0 bridgehead atoms. The third-order valence-electron chi connectivity index (χ3n) is 5.97. The van der Waals surface area contributed by atoms with Crippen LogP contribution in [0.15, 0.2) is 48.3 Å². The van der Waals surface area contributed by atoms with E-state index < -0.39 is 10.8 Å². The van der Waals surface area contributed by atoms with E-state index in [1.165, 1.54) is 14.5 Å². The highest BCUT2D eigenvalue weighted by Gasteiger charge is 2.57. The van der Waals surface area contributed by atoms with Crippen LogP contribution >= 0.6 is 0 Å². The summed E-state index contributed by atoms with van der Waals surface area (Å²) in [5.74, 6) is -0.461. The first-order valence-corrected chi connectivity index (χ1v) is 9.35. The summed E-state index contributed by atoms with van der Waals surface area (Å²) in [6.45, 7) is 12.9. The van der Waals surface area contributed by atoms with E-state index in [9.17, 15) is 9.59 Å². The molecule has 4 rings (SSSR count). The SMILES string of the molecule is CNO.[3H]C.[C-]#[N+]C1=C[C@]2(C)C(=O)c3cnn(-c4ccccc4)c3C[C@H]2C(C)(C)C1=O. The Kier molecular flexibility index (Phi) is 6.01. The van der Waals surface area contributed by atoms with Crippen molar-refractivity contribution in [2.45, 2.75) is 34.6 Å². The largest absolute Gasteiger partial charge is 0.317 e. The lowest BCUT2D eigenvalue weighted by molar-refractivity contribution is -0.128. The van der Waals surface area contributed by atoms with Crippen molar-refractivity contribution in [2.75, 3.05) is 7.05 Å². The predicted octanol–water partition coefficient (Wildman–Crippen LogP) is 3.88. The second kappa shape index (κ2) is 8.34. The van der Waals surface area contributed by atoms with E-state index in [-0.39, 0.29) is 23.2 Å². The number of carbonyl (C=O) groups excluding carboxylic acids is 2. The summed E-state index contributed by atoms with van der Waals surface area (Å²) in [5, 5.41) is 11.8. The molecule has 2 atom stereocenters. The highest BCUT2D eigenvalue weighted by atomic mass is 16.5. The molecule has 2 aliphatic carbocycles. The van der Waals surface area contributed by atoms with Gasteiger partial charge in [-0.25, -0.2) is 15.0 Å². The smallest absolute Gasteiger partial charge is 0.226 e. The maximum absolute atomic E-state index is 13.4. The van der Waals surface area contributed by atoms with Gasteiger partial charge in [-0.1, -0.05) is 45.5 Å². The number of allylic oxidation sites excluding steroid dienone is 2. The van der Waals surface area contributed by atoms with Crippen LogP contribution in [0.5, 0.6) is 0 Å². The third kappa shape index (κ3) is 3.38. The molecule has 0 saturated heterocycles. The molecule has 2 N–H and O–H groups in total. The quantitative estimate of drug-likeness (QED) is 0.550. The number of rotatable bonds is 1. The minimum Gasteiger partial charge on any atom is -0.317 e. The average Bonchev–Trinajstić information content (AvgIpc) is 3.20. The van der Waals surface area contributed by atoms with Crippen molar-refractivity contribution in [3.63, 3.8) is 0 Å². The maximum Gasteiger partial charge on any atom is 0.226 e. The van der Waals surface area contributed by atoms with Crippen LogP contribution in [0.1, 0.15) is 45.6 Å². The molecule has 0 unspecified atom stereocenters. The molecule has 2 aliphatic rings. The summed E-state index contributed by atoms with van der Waals surface area (Å²) in [4.78, 5) is 29.5. The van der Waals surface area contributed by atoms with Crippen molar-refractivity contribution in [1.29, 1.82) is 0 Å². The van der Waals surface area contributed by atoms with Gasteiger partial charge in [0.25, 0.3) is 0 Å². The summed E-state index contributed by atoms with van der Waals surface area (Å²) in [6.07, 6.45) is 3.76. The summed E-state index contributed by atoms with van der Waals surface area (Å²) in [7, 11) is 2.68. The number of fused-ring (bicyclic) bond motifs is 2. The molecule has 0 amide bonds. The first-order valence-electron chi connectivity index (χ1n) is 10.4. The topological polar surface area (TPSA) is 88.6 Å². The van der Waals surface area contributed by atoms with Gasteiger partial charge in [-0.3, -0.25) is 4.79 Å². The molecule has 7 nitrogen and oxygen atoms in total. The summed E-state index contributed by atoms with van der Waals surface area (Å²) in [6, 6.07) is 9.68. The molecule has 0 aliphatic heterocycles. The van der Waals surface area contributed by atoms with Crippen molar-refractivity contribution in [1.82, 2.24) is 15.3 Å². The lowest BCUT2D eigenvalue weighted by Crippen LogP contribution is -2.53. The minimum absolute atomic E-state index is 0.0624. The highest BCUT2D eigenvalue weighted by molar-refractivity contribution is 6.09. The number of aromatic nitrogens is 2. The van der Waals surface area contributed by atoms with Gasteiger partial charge in [0.2, 0.25) is 5.70 Å². The van der Waals surface area contributed by atoms with Gasteiger partial charge in [-0.15, -0.1) is 0 Å². The maximum atomic E-state index is 13.4. The average molecular weight is 411 g/mol. The van der Waals surface area contributed by atoms with Crippen LogP contribution in [-0.2, 0) is 11.2 Å². The van der Waals surface area contributed by atoms with E-state index >= 15 is 0 Å². The van der Waals surface area contributed by atoms with E-state index in [2.05, 4.69) is 9.94 Å². The molecule has 0 fully saturated rings. The van der Waals surface area contributed by atoms with Crippen LogP contribution in [0.4, 0.5) is 0 Å². The molecule has 0 radical (unpaired) electrons. The van der Waals surface area contributed by atoms with Crippen molar-refractivity contribution in [2.24, 2.45) is 16.7 Å². The van der Waals surface area contributed by atoms with Crippen molar-refractivity contribution in [3.8, 4) is 5.69 Å². The van der Waals surface area contributed by atoms with Crippen LogP contribution in [-0.4, -0.2) is 33.6 Å². The summed E-state index contributed by atoms with van der Waals surface area (Å²) >= 11 is 0. The zero-order valence-electron chi connectivity index (χ0n) is 18.9. The van der Waals surface area contributed by atoms with Gasteiger partial charge in [0.05, 0.1) is 29.7 Å². The van der Waals surface area contributed by atoms with E-state index in [4.69, 9.17) is 13.2 Å². The monoisotopic (exact) mass is 410 g/mol. The van der Waals surface area contributed by atoms with E-state index in [0.29, 0.717) is 12.0 Å². The van der Waals surface area contributed by atoms with E-state index in [1.807, 2.05) is 51.1 Å². The molecule has 1 aromatic carbocycles. The third-order valence-corrected chi connectivity index (χ3v) is 5.97. The zero-order valence-corrected chi connectivity index (χ0v) is 17.9. The van der Waals surface area contributed by atoms with Gasteiger partial charge in [-0.05, 0) is 31.4 Å². The number of nitrogens with zero attached hydrogens (tertiary/aromatic N) is 3. The van der Waals surface area contributed by atoms with Gasteiger partial charge in [0.15, 0.2) is 11.6 Å². The van der Waals surface area contributed by atoms with Crippen LogP contribution < -0.4 is 5.48 Å². The molecular formula is C23H28N4O3. The van der Waals surface area contributed by atoms with Crippen molar-refractivity contribution < 1.29 is 16.2 Å². The van der Waals surface area contributed by atoms with Crippen LogP contribution in [0.25, 0.3) is 10.5 Å². The normalized spacial score (nSPS) is 23.8. The molecule has 1 heterocycles. The number of nitrogens with one attached hydrogen (secondary N) is 1. The van der Waals surface area contributed by atoms with Crippen molar-refractivity contribution in [3.05, 3.63) is 71.0 Å². The summed E-state index contributed by atoms with van der Waals surface area (Å²) in [5.41, 5.74) is 2.48. The fourth-order valence-electron chi connectivity index (χ4n) is 4.50. The lowest BCUT2D eigenvalue weighted by atomic mass is 9.52. The molecular weight excluding hydrogens is 380 g/mol. The second-order valence-corrected chi connectivity index (χ2v) is 8.04. The number of hydrogen-bond acceptors (Lipinski definition) is 5. The second-order valence-electron chi connectivity index (χ2n) is 8.04. The van der Waals surface area contributed by atoms with Gasteiger partial charge < -0.3 is 10.0 Å². The summed E-state index contributed by atoms with van der Waals surface area (Å²) < 4.78 is 7.54. The van der Waals surface area contributed by atoms with Gasteiger partial charge in [-0.2, -0.15) is 5.10 Å². The number of ketones is 2. The van der Waals surface area contributed by atoms with Crippen molar-refractivity contribution >= 4 is 11.6 Å². The Hall–Kier alpha value is -3.08. The first kappa shape index (κ1) is 21.6. The van der Waals surface area contributed by atoms with E-state index in [1.54, 1.807) is 22.4 Å².